The minimum Gasteiger partial charge on any atom is -0.480 e. The second-order valence-corrected chi connectivity index (χ2v) is 9.56. The van der Waals surface area contributed by atoms with Crippen molar-refractivity contribution in [1.82, 2.24) is 10.6 Å². The van der Waals surface area contributed by atoms with Crippen molar-refractivity contribution in [2.45, 2.75) is 36.1 Å². The third kappa shape index (κ3) is 4.61. The van der Waals surface area contributed by atoms with E-state index in [1.165, 1.54) is 12.1 Å². The summed E-state index contributed by atoms with van der Waals surface area (Å²) in [4.78, 5) is 48.2. The van der Waals surface area contributed by atoms with E-state index in [1.807, 2.05) is 0 Å². The van der Waals surface area contributed by atoms with Gasteiger partial charge in [0.1, 0.15) is 6.04 Å². The number of hydrogen-bond donors (Lipinski definition) is 5. The first kappa shape index (κ1) is 23.3. The molecule has 0 bridgehead atoms. The highest BCUT2D eigenvalue weighted by Crippen LogP contribution is 2.39. The number of carboxylic acids is 3. The van der Waals surface area contributed by atoms with Gasteiger partial charge in [-0.05, 0) is 37.1 Å². The maximum Gasteiger partial charge on any atom is 0.336 e. The van der Waals surface area contributed by atoms with Crippen molar-refractivity contribution in [2.24, 2.45) is 0 Å². The molecule has 0 aliphatic carbocycles. The second-order valence-electron chi connectivity index (χ2n) is 7.77. The van der Waals surface area contributed by atoms with E-state index < -0.39 is 46.0 Å². The lowest BCUT2D eigenvalue weighted by Crippen LogP contribution is -2.53. The molecule has 3 atom stereocenters. The van der Waals surface area contributed by atoms with E-state index in [0.717, 1.165) is 11.8 Å². The van der Waals surface area contributed by atoms with Crippen molar-refractivity contribution in [3.8, 4) is 11.1 Å². The molecule has 0 unspecified atom stereocenters. The van der Waals surface area contributed by atoms with Gasteiger partial charge >= 0.3 is 17.9 Å². The molecule has 1 fully saturated rings. The number of thioether (sulfide) groups is 1. The first-order valence-electron chi connectivity index (χ1n) is 9.65. The Hall–Kier alpha value is -3.37. The van der Waals surface area contributed by atoms with Gasteiger partial charge in [-0.15, -0.1) is 11.8 Å². The molecular formula is C22H22N2O7S. The van der Waals surface area contributed by atoms with E-state index in [1.54, 1.807) is 50.2 Å². The number of benzene rings is 2. The van der Waals surface area contributed by atoms with Gasteiger partial charge in [0.15, 0.2) is 6.04 Å². The third-order valence-corrected chi connectivity index (χ3v) is 6.68. The molecule has 1 aliphatic rings. The highest BCUT2D eigenvalue weighted by molar-refractivity contribution is 8.01. The number of rotatable bonds is 7. The van der Waals surface area contributed by atoms with Crippen molar-refractivity contribution in [3.63, 3.8) is 0 Å². The lowest BCUT2D eigenvalue weighted by atomic mass is 9.95. The molecule has 1 heterocycles. The van der Waals surface area contributed by atoms with Gasteiger partial charge in [-0.3, -0.25) is 14.9 Å². The number of carbonyl (C=O) groups is 4. The Morgan fingerprint density at radius 1 is 0.938 bits per heavy atom. The highest BCUT2D eigenvalue weighted by Gasteiger charge is 2.49. The van der Waals surface area contributed by atoms with Gasteiger partial charge < -0.3 is 20.6 Å². The molecule has 2 aromatic rings. The van der Waals surface area contributed by atoms with Crippen molar-refractivity contribution in [2.75, 3.05) is 0 Å². The van der Waals surface area contributed by atoms with Crippen molar-refractivity contribution >= 4 is 35.6 Å². The van der Waals surface area contributed by atoms with Crippen molar-refractivity contribution in [3.05, 3.63) is 59.7 Å². The number of carboxylic acid groups (broad SMARTS) is 3. The Morgan fingerprint density at radius 2 is 1.47 bits per heavy atom. The lowest BCUT2D eigenvalue weighted by Gasteiger charge is -2.22. The molecule has 168 valence electrons. The van der Waals surface area contributed by atoms with Crippen LogP contribution in [0.1, 0.15) is 34.6 Å². The topological polar surface area (TPSA) is 153 Å². The number of nitrogens with one attached hydrogen (secondary N) is 2. The Bertz CT molecular complexity index is 1090. The lowest BCUT2D eigenvalue weighted by molar-refractivity contribution is -0.142. The summed E-state index contributed by atoms with van der Waals surface area (Å²) >= 11 is 1.12. The monoisotopic (exact) mass is 458 g/mol. The molecule has 2 aromatic carbocycles. The minimum atomic E-state index is -1.42. The van der Waals surface area contributed by atoms with E-state index in [2.05, 4.69) is 10.6 Å². The van der Waals surface area contributed by atoms with Crippen LogP contribution in [0.15, 0.2) is 48.5 Å². The summed E-state index contributed by atoms with van der Waals surface area (Å²) in [6.45, 7) is 3.37. The summed E-state index contributed by atoms with van der Waals surface area (Å²) in [6, 6.07) is 10.1. The molecule has 10 heteroatoms. The fourth-order valence-corrected chi connectivity index (χ4v) is 5.12. The van der Waals surface area contributed by atoms with E-state index in [-0.39, 0.29) is 11.1 Å². The molecule has 0 aromatic heterocycles. The first-order valence-corrected chi connectivity index (χ1v) is 10.5. The quantitative estimate of drug-likeness (QED) is 0.420. The van der Waals surface area contributed by atoms with Crippen LogP contribution in [0.25, 0.3) is 11.1 Å². The molecule has 5 N–H and O–H groups in total. The normalized spacial score (nSPS) is 20.3. The van der Waals surface area contributed by atoms with Crippen LogP contribution >= 0.6 is 11.8 Å². The average molecular weight is 458 g/mol. The van der Waals surface area contributed by atoms with Crippen molar-refractivity contribution < 1.29 is 34.5 Å². The average Bonchev–Trinajstić information content (AvgIpc) is 3.06. The summed E-state index contributed by atoms with van der Waals surface area (Å²) in [5.74, 6) is -4.32. The molecule has 1 saturated heterocycles. The van der Waals surface area contributed by atoms with Gasteiger partial charge in [0.25, 0.3) is 5.91 Å². The second kappa shape index (κ2) is 9.01. The van der Waals surface area contributed by atoms with Gasteiger partial charge in [-0.25, -0.2) is 9.59 Å². The SMILES string of the molecule is CC1(C)S[C@H]([C@H](NC(=O)c2ccccc2-c2ccccc2C(=O)O)C(=O)O)N[C@H]1C(=O)O. The maximum atomic E-state index is 13.1. The van der Waals surface area contributed by atoms with Crippen LogP contribution in [0.3, 0.4) is 0 Å². The van der Waals surface area contributed by atoms with E-state index in [0.29, 0.717) is 11.1 Å². The summed E-state index contributed by atoms with van der Waals surface area (Å²) < 4.78 is -0.798. The number of amides is 1. The predicted molar refractivity (Wildman–Crippen MR) is 118 cm³/mol. The molecule has 9 nitrogen and oxygen atoms in total. The van der Waals surface area contributed by atoms with Gasteiger partial charge in [-0.1, -0.05) is 36.4 Å². The molecule has 1 amide bonds. The maximum absolute atomic E-state index is 13.1. The number of aliphatic carboxylic acids is 2. The Kier molecular flexibility index (Phi) is 6.56. The van der Waals surface area contributed by atoms with Gasteiger partial charge in [0, 0.05) is 10.3 Å². The zero-order chi connectivity index (χ0) is 23.6. The summed E-state index contributed by atoms with van der Waals surface area (Å²) in [7, 11) is 0. The van der Waals surface area contributed by atoms with Gasteiger partial charge in [0.2, 0.25) is 0 Å². The number of hydrogen-bond acceptors (Lipinski definition) is 6. The summed E-state index contributed by atoms with van der Waals surface area (Å²) in [6.07, 6.45) is 0. The molecular weight excluding hydrogens is 436 g/mol. The zero-order valence-corrected chi connectivity index (χ0v) is 18.1. The minimum absolute atomic E-state index is 0.00148. The van der Waals surface area contributed by atoms with Crippen molar-refractivity contribution in [1.29, 1.82) is 0 Å². The highest BCUT2D eigenvalue weighted by atomic mass is 32.2. The molecule has 0 spiro atoms. The Balaban J connectivity index is 1.93. The Labute approximate surface area is 187 Å². The third-order valence-electron chi connectivity index (χ3n) is 5.18. The summed E-state index contributed by atoms with van der Waals surface area (Å²) in [5.41, 5.74) is 0.757. The largest absolute Gasteiger partial charge is 0.480 e. The van der Waals surface area contributed by atoms with E-state index >= 15 is 0 Å². The van der Waals surface area contributed by atoms with Crippen LogP contribution in [0, 0.1) is 0 Å². The smallest absolute Gasteiger partial charge is 0.336 e. The molecule has 32 heavy (non-hydrogen) atoms. The number of aromatic carboxylic acids is 1. The molecule has 0 radical (unpaired) electrons. The van der Waals surface area contributed by atoms with Crippen LogP contribution < -0.4 is 10.6 Å². The van der Waals surface area contributed by atoms with Crippen LogP contribution in [0.5, 0.6) is 0 Å². The zero-order valence-electron chi connectivity index (χ0n) is 17.2. The van der Waals surface area contributed by atoms with Crippen LogP contribution in [-0.4, -0.2) is 61.3 Å². The Morgan fingerprint density at radius 3 is 1.97 bits per heavy atom. The van der Waals surface area contributed by atoms with Gasteiger partial charge in [-0.2, -0.15) is 0 Å². The fourth-order valence-electron chi connectivity index (χ4n) is 3.63. The van der Waals surface area contributed by atoms with E-state index in [9.17, 15) is 34.5 Å². The van der Waals surface area contributed by atoms with Crippen LogP contribution in [0.2, 0.25) is 0 Å². The van der Waals surface area contributed by atoms with E-state index in [4.69, 9.17) is 0 Å². The predicted octanol–water partition coefficient (Wildman–Crippen LogP) is 2.13. The van der Waals surface area contributed by atoms with Crippen LogP contribution in [0.4, 0.5) is 0 Å². The van der Waals surface area contributed by atoms with Gasteiger partial charge in [0.05, 0.1) is 10.9 Å². The first-order chi connectivity index (χ1) is 15.0. The number of carbonyl (C=O) groups excluding carboxylic acids is 1. The molecule has 0 saturated carbocycles. The fraction of sp³-hybridized carbons (Fsp3) is 0.273. The van der Waals surface area contributed by atoms with Crippen LogP contribution in [-0.2, 0) is 9.59 Å². The molecule has 3 rings (SSSR count). The molecule has 1 aliphatic heterocycles. The standard InChI is InChI=1S/C22H22N2O7S/c1-22(2)16(21(30)31)24-18(32-22)15(20(28)29)23-17(25)13-9-5-3-7-11(13)12-8-4-6-10-14(12)19(26)27/h3-10,15-16,18,24H,1-2H3,(H,23,25)(H,26,27)(H,28,29)(H,30,31)/t15-,16-,18+/m0/s1. The summed E-state index contributed by atoms with van der Waals surface area (Å²) in [5, 5.41) is 33.0.